The smallest absolute Gasteiger partial charge is 0.331 e. The molecule has 0 saturated heterocycles. The van der Waals surface area contributed by atoms with Gasteiger partial charge in [-0.15, -0.1) is 0 Å². The number of fused-ring (bicyclic) bond motifs is 1. The van der Waals surface area contributed by atoms with Crippen LogP contribution in [-0.4, -0.2) is 47.3 Å². The lowest BCUT2D eigenvalue weighted by Gasteiger charge is -2.08. The molecule has 0 amide bonds. The van der Waals surface area contributed by atoms with E-state index in [0.29, 0.717) is 16.4 Å². The van der Waals surface area contributed by atoms with Gasteiger partial charge in [0.15, 0.2) is 17.9 Å². The van der Waals surface area contributed by atoms with Crippen LogP contribution in [-0.2, 0) is 16.3 Å². The van der Waals surface area contributed by atoms with E-state index in [2.05, 4.69) is 25.4 Å². The van der Waals surface area contributed by atoms with Gasteiger partial charge in [0.1, 0.15) is 23.4 Å². The number of carbonyl (C=O) groups is 1. The van der Waals surface area contributed by atoms with Crippen LogP contribution in [0.2, 0.25) is 0 Å². The summed E-state index contributed by atoms with van der Waals surface area (Å²) in [5.41, 5.74) is 5.86. The summed E-state index contributed by atoms with van der Waals surface area (Å²) >= 11 is 0. The maximum atomic E-state index is 14.5. The molecule has 3 aromatic heterocycles. The number of nitriles is 1. The molecule has 1 atom stereocenters. The molecular weight excluding hydrogens is 497 g/mol. The Hall–Kier alpha value is -5.03. The predicted octanol–water partition coefficient (Wildman–Crippen LogP) is 0.138. The van der Waals surface area contributed by atoms with Crippen LogP contribution in [0.1, 0.15) is 31.0 Å². The number of hydrogen-bond acceptors (Lipinski definition) is 10. The fourth-order valence-corrected chi connectivity index (χ4v) is 3.55. The van der Waals surface area contributed by atoms with E-state index < -0.39 is 36.1 Å². The third-order valence-corrected chi connectivity index (χ3v) is 5.69. The van der Waals surface area contributed by atoms with Gasteiger partial charge in [-0.05, 0) is 44.0 Å². The number of halogens is 1. The summed E-state index contributed by atoms with van der Waals surface area (Å²) in [5.74, 6) is -1.56. The molecule has 1 saturated carbocycles. The zero-order chi connectivity index (χ0) is 27.0. The molecule has 1 aromatic carbocycles. The average Bonchev–Trinajstić information content (AvgIpc) is 3.55. The third kappa shape index (κ3) is 4.95. The first-order valence-corrected chi connectivity index (χ1v) is 11.6. The molecule has 0 aliphatic heterocycles. The van der Waals surface area contributed by atoms with Crippen LogP contribution in [0.15, 0.2) is 40.2 Å². The van der Waals surface area contributed by atoms with Crippen molar-refractivity contribution >= 4 is 29.2 Å². The van der Waals surface area contributed by atoms with E-state index in [1.165, 1.54) is 35.8 Å². The summed E-state index contributed by atoms with van der Waals surface area (Å²) in [5, 5.41) is 27.2. The normalized spacial score (nSPS) is 15.0. The second-order valence-corrected chi connectivity index (χ2v) is 8.75. The van der Waals surface area contributed by atoms with Crippen molar-refractivity contribution in [2.45, 2.75) is 38.6 Å². The summed E-state index contributed by atoms with van der Waals surface area (Å²) in [6.45, 7) is 0.902. The van der Waals surface area contributed by atoms with Gasteiger partial charge in [0.2, 0.25) is 5.88 Å². The Kier molecular flexibility index (Phi) is 6.35. The SMILES string of the molecule is CC(N)C(=O)OCn1c(O)c(C=c2cnn3c(=NC4CC4)cc(Nc4ccc(C#N)cc4F)nc23)[nH]c1=O. The number of benzene rings is 1. The van der Waals surface area contributed by atoms with Gasteiger partial charge in [-0.2, -0.15) is 14.9 Å². The van der Waals surface area contributed by atoms with E-state index in [0.717, 1.165) is 23.5 Å². The molecule has 1 aliphatic carbocycles. The monoisotopic (exact) mass is 519 g/mol. The Labute approximate surface area is 213 Å². The van der Waals surface area contributed by atoms with Gasteiger partial charge >= 0.3 is 11.7 Å². The summed E-state index contributed by atoms with van der Waals surface area (Å²) < 4.78 is 21.8. The highest BCUT2D eigenvalue weighted by molar-refractivity contribution is 5.74. The molecule has 194 valence electrons. The Morgan fingerprint density at radius 3 is 2.95 bits per heavy atom. The van der Waals surface area contributed by atoms with E-state index in [4.69, 9.17) is 15.7 Å². The Bertz CT molecular complexity index is 1780. The van der Waals surface area contributed by atoms with Crippen molar-refractivity contribution in [1.29, 1.82) is 5.26 Å². The zero-order valence-corrected chi connectivity index (χ0v) is 20.1. The summed E-state index contributed by atoms with van der Waals surface area (Å²) in [6.07, 6.45) is 4.80. The number of aromatic hydroxyl groups is 1. The average molecular weight is 519 g/mol. The summed E-state index contributed by atoms with van der Waals surface area (Å²) in [7, 11) is 0. The Morgan fingerprint density at radius 2 is 2.26 bits per heavy atom. The van der Waals surface area contributed by atoms with E-state index in [1.54, 1.807) is 6.07 Å². The first kappa shape index (κ1) is 24.7. The van der Waals surface area contributed by atoms with Gasteiger partial charge in [0.25, 0.3) is 0 Å². The molecule has 3 heterocycles. The number of nitrogens with one attached hydrogen (secondary N) is 2. The molecule has 38 heavy (non-hydrogen) atoms. The number of ether oxygens (including phenoxy) is 1. The standard InChI is InChI=1S/C24H22FN9O4/c1-12(27)23(36)38-11-33-22(35)18(31-24(33)37)7-14-10-28-34-20(29-15-3-4-15)8-19(32-21(14)34)30-17-5-2-13(9-26)6-16(17)25/h2,5-8,10,12,15,30,35H,3-4,11,27H2,1H3,(H,31,37). The van der Waals surface area contributed by atoms with E-state index in [-0.39, 0.29) is 28.8 Å². The quantitative estimate of drug-likeness (QED) is 0.246. The number of imidazole rings is 1. The van der Waals surface area contributed by atoms with Crippen LogP contribution in [0.5, 0.6) is 5.88 Å². The summed E-state index contributed by atoms with van der Waals surface area (Å²) in [4.78, 5) is 35.7. The minimum atomic E-state index is -0.890. The highest BCUT2D eigenvalue weighted by Gasteiger charge is 2.21. The van der Waals surface area contributed by atoms with Crippen LogP contribution in [0.3, 0.4) is 0 Å². The van der Waals surface area contributed by atoms with E-state index in [1.807, 2.05) is 6.07 Å². The minimum absolute atomic E-state index is 0.0285. The highest BCUT2D eigenvalue weighted by atomic mass is 19.1. The van der Waals surface area contributed by atoms with Crippen LogP contribution in [0.25, 0.3) is 11.7 Å². The number of carbonyl (C=O) groups excluding carboxylic acids is 1. The molecule has 1 fully saturated rings. The van der Waals surface area contributed by atoms with Crippen molar-refractivity contribution in [3.8, 4) is 11.9 Å². The van der Waals surface area contributed by atoms with Gasteiger partial charge in [-0.3, -0.25) is 9.79 Å². The maximum Gasteiger partial charge on any atom is 0.331 e. The molecule has 4 aromatic rings. The largest absolute Gasteiger partial charge is 0.493 e. The molecule has 13 nitrogen and oxygen atoms in total. The first-order chi connectivity index (χ1) is 18.2. The van der Waals surface area contributed by atoms with Gasteiger partial charge in [0.05, 0.1) is 29.6 Å². The zero-order valence-electron chi connectivity index (χ0n) is 20.1. The van der Waals surface area contributed by atoms with Crippen molar-refractivity contribution in [3.63, 3.8) is 0 Å². The Morgan fingerprint density at radius 1 is 1.47 bits per heavy atom. The van der Waals surface area contributed by atoms with Gasteiger partial charge in [-0.1, -0.05) is 0 Å². The summed E-state index contributed by atoms with van der Waals surface area (Å²) in [6, 6.07) is 6.79. The number of anilines is 2. The van der Waals surface area contributed by atoms with Crippen LogP contribution in [0.4, 0.5) is 15.9 Å². The Balaban J connectivity index is 1.57. The number of aromatic amines is 1. The van der Waals surface area contributed by atoms with Gasteiger partial charge in [0, 0.05) is 11.3 Å². The lowest BCUT2D eigenvalue weighted by atomic mass is 10.2. The van der Waals surface area contributed by atoms with Crippen molar-refractivity contribution in [2.24, 2.45) is 10.7 Å². The minimum Gasteiger partial charge on any atom is -0.493 e. The van der Waals surface area contributed by atoms with Crippen molar-refractivity contribution in [1.82, 2.24) is 24.1 Å². The van der Waals surface area contributed by atoms with Gasteiger partial charge < -0.3 is 25.9 Å². The van der Waals surface area contributed by atoms with E-state index >= 15 is 0 Å². The molecule has 0 spiro atoms. The van der Waals surface area contributed by atoms with Crippen LogP contribution < -0.4 is 27.4 Å². The number of rotatable bonds is 7. The molecular formula is C24H22FN9O4. The topological polar surface area (TPSA) is 189 Å². The number of nitrogens with zero attached hydrogens (tertiary/aromatic N) is 6. The van der Waals surface area contributed by atoms with E-state index in [9.17, 15) is 19.1 Å². The number of esters is 1. The first-order valence-electron chi connectivity index (χ1n) is 11.6. The second kappa shape index (κ2) is 9.79. The third-order valence-electron chi connectivity index (χ3n) is 5.69. The molecule has 0 bridgehead atoms. The molecule has 14 heteroatoms. The molecule has 5 N–H and O–H groups in total. The number of aromatic nitrogens is 5. The number of nitrogens with two attached hydrogens (primary N) is 1. The molecule has 0 radical (unpaired) electrons. The van der Waals surface area contributed by atoms with Crippen LogP contribution >= 0.6 is 0 Å². The molecule has 1 aliphatic rings. The lowest BCUT2D eigenvalue weighted by Crippen LogP contribution is -2.30. The highest BCUT2D eigenvalue weighted by Crippen LogP contribution is 2.23. The maximum absolute atomic E-state index is 14.5. The number of H-pyrrole nitrogens is 1. The fourth-order valence-electron chi connectivity index (χ4n) is 3.55. The molecule has 5 rings (SSSR count). The molecule has 1 unspecified atom stereocenters. The van der Waals surface area contributed by atoms with Crippen molar-refractivity contribution in [3.05, 3.63) is 68.7 Å². The number of hydrogen-bond donors (Lipinski definition) is 4. The predicted molar refractivity (Wildman–Crippen MR) is 131 cm³/mol. The van der Waals surface area contributed by atoms with Gasteiger partial charge in [-0.25, -0.2) is 18.7 Å². The van der Waals surface area contributed by atoms with Crippen LogP contribution in [0, 0.1) is 17.1 Å². The van der Waals surface area contributed by atoms with Crippen molar-refractivity contribution in [2.75, 3.05) is 5.32 Å². The second-order valence-electron chi connectivity index (χ2n) is 8.75. The fraction of sp³-hybridized carbons (Fsp3) is 0.250. The lowest BCUT2D eigenvalue weighted by molar-refractivity contribution is -0.148. The van der Waals surface area contributed by atoms with Crippen molar-refractivity contribution < 1.29 is 19.0 Å².